The van der Waals surface area contributed by atoms with Crippen LogP contribution in [0.2, 0.25) is 0 Å². The summed E-state index contributed by atoms with van der Waals surface area (Å²) >= 11 is 0. The number of anilines is 3. The first-order valence-corrected chi connectivity index (χ1v) is 29.1. The van der Waals surface area contributed by atoms with Gasteiger partial charge in [-0.2, -0.15) is 0 Å². The Morgan fingerprint density at radius 2 is 0.786 bits per heavy atom. The van der Waals surface area contributed by atoms with Gasteiger partial charge in [0.05, 0.1) is 57.9 Å². The van der Waals surface area contributed by atoms with Crippen LogP contribution in [0.5, 0.6) is 0 Å². The van der Waals surface area contributed by atoms with Crippen molar-refractivity contribution in [2.45, 2.75) is 98.2 Å². The number of nitrogens with zero attached hydrogens (tertiary/aromatic N) is 16. The summed E-state index contributed by atoms with van der Waals surface area (Å²) in [5, 5.41) is 67.0. The average Bonchev–Trinajstić information content (AvgIpc) is 2.22. The number of phosphoric acid groups is 3. The number of imidazole rings is 4. The van der Waals surface area contributed by atoms with Gasteiger partial charge in [0, 0.05) is 0 Å². The molecule has 450 valence electrons. The number of ether oxygens (including phenoxy) is 4. The molecule has 0 aliphatic carbocycles. The Labute approximate surface area is 466 Å². The Morgan fingerprint density at radius 3 is 1.21 bits per heavy atom. The van der Waals surface area contributed by atoms with E-state index in [-0.39, 0.29) is 56.6 Å². The summed E-state index contributed by atoms with van der Waals surface area (Å²) in [6.07, 6.45) is -17.2. The number of fused-ring (bicyclic) bond motifs is 4. The molecular weight excluding hydrogens is 1190 g/mol. The van der Waals surface area contributed by atoms with Crippen LogP contribution in [-0.4, -0.2) is 223 Å². The lowest BCUT2D eigenvalue weighted by molar-refractivity contribution is -0.0633. The second-order valence-corrected chi connectivity index (χ2v) is 23.2. The van der Waals surface area contributed by atoms with Crippen LogP contribution in [-0.2, 0) is 59.8 Å². The maximum Gasteiger partial charge on any atom is 0.472 e. The van der Waals surface area contributed by atoms with E-state index < -0.39 is 148 Å². The molecule has 4 saturated heterocycles. The zero-order chi connectivity index (χ0) is 59.1. The van der Waals surface area contributed by atoms with Crippen molar-refractivity contribution >= 4 is 85.6 Å². The molecule has 0 bridgehead atoms. The van der Waals surface area contributed by atoms with Crippen LogP contribution in [0.25, 0.3) is 44.7 Å². The number of hydrogen-bond acceptors (Lipinski definition) is 34. The highest BCUT2D eigenvalue weighted by Crippen LogP contribution is 2.54. The van der Waals surface area contributed by atoms with Gasteiger partial charge in [-0.1, -0.05) is 0 Å². The van der Waals surface area contributed by atoms with Gasteiger partial charge in [0.15, 0.2) is 65.0 Å². The monoisotopic (exact) mass is 1240 g/mol. The van der Waals surface area contributed by atoms with Crippen molar-refractivity contribution in [2.24, 2.45) is 0 Å². The highest BCUT2D eigenvalue weighted by Gasteiger charge is 2.55. The zero-order valence-electron chi connectivity index (χ0n) is 42.3. The number of hydrogen-bond donors (Lipinski definition) is 12. The number of phosphoric ester groups is 3. The molecule has 4 aliphatic heterocycles. The molecule has 0 radical (unpaired) electrons. The Morgan fingerprint density at radius 1 is 0.440 bits per heavy atom. The van der Waals surface area contributed by atoms with Crippen LogP contribution < -0.4 is 17.2 Å². The predicted octanol–water partition coefficient (Wildman–Crippen LogP) is -4.01. The van der Waals surface area contributed by atoms with E-state index in [2.05, 4.69) is 59.8 Å². The van der Waals surface area contributed by atoms with Gasteiger partial charge in [-0.05, 0) is 0 Å². The minimum absolute atomic E-state index is 0.00486. The van der Waals surface area contributed by atoms with E-state index in [0.717, 1.165) is 40.8 Å². The van der Waals surface area contributed by atoms with E-state index in [4.69, 9.17) is 63.3 Å². The van der Waals surface area contributed by atoms with Crippen LogP contribution in [0.3, 0.4) is 0 Å². The highest BCUT2D eigenvalue weighted by atomic mass is 31.2. The third kappa shape index (κ3) is 10.8. The number of rotatable bonds is 20. The predicted molar refractivity (Wildman–Crippen MR) is 269 cm³/mol. The summed E-state index contributed by atoms with van der Waals surface area (Å²) < 4.78 is 102. The molecule has 41 nitrogen and oxygen atoms in total. The molecule has 0 saturated carbocycles. The summed E-state index contributed by atoms with van der Waals surface area (Å²) in [6.45, 7) is -4.03. The van der Waals surface area contributed by atoms with Crippen molar-refractivity contribution in [1.82, 2.24) is 78.1 Å². The molecule has 0 spiro atoms. The summed E-state index contributed by atoms with van der Waals surface area (Å²) in [5.41, 5.74) is 18.6. The van der Waals surface area contributed by atoms with Crippen molar-refractivity contribution in [2.75, 3.05) is 43.6 Å². The van der Waals surface area contributed by atoms with E-state index in [9.17, 15) is 59.0 Å². The fraction of sp³-hybridized carbons (Fsp3) is 0.500. The smallest absolute Gasteiger partial charge is 0.394 e. The minimum Gasteiger partial charge on any atom is -0.394 e. The fourth-order valence-electron chi connectivity index (χ4n) is 9.95. The molecule has 4 aliphatic rings. The quantitative estimate of drug-likeness (QED) is 0.0324. The van der Waals surface area contributed by atoms with E-state index in [1.807, 2.05) is 0 Å². The first kappa shape index (κ1) is 57.9. The maximum absolute atomic E-state index is 14.1. The van der Waals surface area contributed by atoms with Gasteiger partial charge in [0.25, 0.3) is 0 Å². The summed E-state index contributed by atoms with van der Waals surface area (Å²) in [5.74, 6) is -0.177. The molecule has 3 unspecified atom stereocenters. The number of nitrogens with two attached hydrogens (primary N) is 3. The van der Waals surface area contributed by atoms with E-state index >= 15 is 0 Å². The summed E-state index contributed by atoms with van der Waals surface area (Å²) in [6, 6.07) is 0. The van der Waals surface area contributed by atoms with Gasteiger partial charge in [0.2, 0.25) is 0 Å². The van der Waals surface area contributed by atoms with Crippen LogP contribution in [0.4, 0.5) is 17.5 Å². The highest BCUT2D eigenvalue weighted by molar-refractivity contribution is 7.48. The van der Waals surface area contributed by atoms with Gasteiger partial charge in [-0.15, -0.1) is 0 Å². The van der Waals surface area contributed by atoms with Crippen molar-refractivity contribution in [3.8, 4) is 0 Å². The lowest BCUT2D eigenvalue weighted by Gasteiger charge is -2.26. The summed E-state index contributed by atoms with van der Waals surface area (Å²) in [4.78, 5) is 82.1. The van der Waals surface area contributed by atoms with Crippen LogP contribution in [0.1, 0.15) is 24.9 Å². The third-order valence-corrected chi connectivity index (χ3v) is 16.9. The minimum atomic E-state index is -5.64. The number of aromatic nitrogens is 16. The maximum atomic E-state index is 14.1. The molecule has 8 aromatic rings. The Bertz CT molecular complexity index is 3880. The molecule has 84 heavy (non-hydrogen) atoms. The lowest BCUT2D eigenvalue weighted by atomic mass is 10.1. The molecule has 0 amide bonds. The SMILES string of the molecule is Nc1ncnc2c1ncn2[C@@H]1O[C@H](COP(=O)(O)O[C@H]2[C@@H](O)[C@H](n3cnc4c(N)ncnc43)O[C@@H]2COP(=O)(O)O[C@H]2[C@@H](O)[C@H](n3cnc4c(N)ncnc43)O[C@@H]2COP(=O)(O)O[C@H]2[C@@H](O)[C@H](n3cnc4cncnc43)O[C@@H]2CO)[C@@H](O)[C@H]1O. The van der Waals surface area contributed by atoms with Gasteiger partial charge in [-0.25, -0.2) is 73.5 Å². The Hall–Kier alpha value is -6.47. The van der Waals surface area contributed by atoms with Gasteiger partial charge >= 0.3 is 23.5 Å². The van der Waals surface area contributed by atoms with Crippen molar-refractivity contribution in [3.05, 3.63) is 56.8 Å². The molecule has 12 heterocycles. The number of aliphatic hydroxyl groups excluding tert-OH is 6. The molecule has 12 rings (SSSR count). The van der Waals surface area contributed by atoms with E-state index in [1.165, 1.54) is 34.3 Å². The number of nitrogen functional groups attached to an aromatic ring is 3. The number of aliphatic hydroxyl groups is 6. The second-order valence-electron chi connectivity index (χ2n) is 19.0. The molecule has 8 aromatic heterocycles. The van der Waals surface area contributed by atoms with Gasteiger partial charge in [0.1, 0.15) is 121 Å². The van der Waals surface area contributed by atoms with E-state index in [0.29, 0.717) is 5.52 Å². The fourth-order valence-corrected chi connectivity index (χ4v) is 12.8. The van der Waals surface area contributed by atoms with Crippen LogP contribution in [0, 0.1) is 0 Å². The average molecular weight is 1240 g/mol. The third-order valence-electron chi connectivity index (χ3n) is 13.9. The van der Waals surface area contributed by atoms with Gasteiger partial charge in [-0.3, -0.25) is 45.4 Å². The standard InChI is InChI=1S/C40H48N19O22P3/c41-30-19-34(49-7-45-30)57(11-53-19)37-23(62)22(61)16(76-37)3-72-82(66,67)80-28-18(78-39(25(28)64)58-12-54-20-31(42)46-8-50-35(20)58)5-74-84(70,71)81-29-17(77-40(26(29)65)59-13-55-21-32(43)47-9-51-36(21)59)4-73-83(68,69)79-27-15(2-60)75-38(24(27)63)56-10-52-14-1-44-6-48-33(14)56/h1,6-13,15-18,22-29,37-40,60-65H,2-5H2,(H,66,67)(H,68,69)(H,70,71)(H2,41,45,49)(H2,42,46,50)(H2,43,47,51)/t15-,16-,17-,18-,22-,23-,24-,25-,26-,27-,28-,29-,37-,38-,39-,40-/m1/s1. The first-order valence-electron chi connectivity index (χ1n) is 24.6. The molecular formula is C40H48N19O22P3. The molecule has 19 atom stereocenters. The molecule has 4 fully saturated rings. The van der Waals surface area contributed by atoms with Crippen LogP contribution in [0.15, 0.2) is 56.8 Å². The van der Waals surface area contributed by atoms with Crippen LogP contribution >= 0.6 is 23.5 Å². The Kier molecular flexibility index (Phi) is 15.5. The van der Waals surface area contributed by atoms with Crippen molar-refractivity contribution < 1.29 is 105 Å². The van der Waals surface area contributed by atoms with Crippen molar-refractivity contribution in [1.29, 1.82) is 0 Å². The van der Waals surface area contributed by atoms with E-state index in [1.54, 1.807) is 0 Å². The molecule has 15 N–H and O–H groups in total. The topological polar surface area (TPSA) is 578 Å². The molecule has 0 aromatic carbocycles. The van der Waals surface area contributed by atoms with Gasteiger partial charge < -0.3 is 81.5 Å². The lowest BCUT2D eigenvalue weighted by Crippen LogP contribution is -2.38. The second kappa shape index (κ2) is 22.4. The zero-order valence-corrected chi connectivity index (χ0v) is 45.0. The Balaban J connectivity index is 0.764. The molecule has 44 heteroatoms. The normalized spacial score (nSPS) is 32.2. The largest absolute Gasteiger partial charge is 0.472 e. The first-order chi connectivity index (χ1) is 40.1. The van der Waals surface area contributed by atoms with Crippen molar-refractivity contribution in [3.63, 3.8) is 0 Å². The summed E-state index contributed by atoms with van der Waals surface area (Å²) in [7, 11) is -16.5.